The van der Waals surface area contributed by atoms with Crippen LogP contribution in [0.25, 0.3) is 0 Å². The fourth-order valence-corrected chi connectivity index (χ4v) is 2.05. The zero-order valence-electron chi connectivity index (χ0n) is 9.81. The molecule has 0 aromatic carbocycles. The van der Waals surface area contributed by atoms with Crippen LogP contribution in [0.1, 0.15) is 46.0 Å². The average Bonchev–Trinajstić information content (AvgIpc) is 2.96. The summed E-state index contributed by atoms with van der Waals surface area (Å²) in [6.45, 7) is 5.35. The van der Waals surface area contributed by atoms with Crippen molar-refractivity contribution in [2.24, 2.45) is 11.3 Å². The van der Waals surface area contributed by atoms with Gasteiger partial charge >= 0.3 is 0 Å². The summed E-state index contributed by atoms with van der Waals surface area (Å²) >= 11 is 5.55. The van der Waals surface area contributed by atoms with Crippen molar-refractivity contribution >= 4 is 17.5 Å². The third kappa shape index (κ3) is 4.02. The third-order valence-corrected chi connectivity index (χ3v) is 3.81. The smallest absolute Gasteiger partial charge is 0.220 e. The molecule has 0 heterocycles. The average molecular weight is 232 g/mol. The molecule has 1 saturated carbocycles. The summed E-state index contributed by atoms with van der Waals surface area (Å²) in [4.78, 5) is 11.5. The van der Waals surface area contributed by atoms with Crippen molar-refractivity contribution in [3.05, 3.63) is 0 Å². The SMILES string of the molecule is CC(C)C1(CNC(=O)CCCCCl)CC1. The molecular weight excluding hydrogens is 210 g/mol. The van der Waals surface area contributed by atoms with Gasteiger partial charge in [0, 0.05) is 18.8 Å². The highest BCUT2D eigenvalue weighted by molar-refractivity contribution is 6.17. The number of nitrogens with one attached hydrogen (secondary N) is 1. The summed E-state index contributed by atoms with van der Waals surface area (Å²) in [7, 11) is 0. The van der Waals surface area contributed by atoms with E-state index in [0.29, 0.717) is 23.6 Å². The van der Waals surface area contributed by atoms with Gasteiger partial charge in [0.05, 0.1) is 0 Å². The molecule has 0 spiro atoms. The predicted molar refractivity (Wildman–Crippen MR) is 64.1 cm³/mol. The van der Waals surface area contributed by atoms with Crippen molar-refractivity contribution in [2.45, 2.75) is 46.0 Å². The molecule has 2 nitrogen and oxygen atoms in total. The molecule has 1 aliphatic carbocycles. The molecule has 1 N–H and O–H groups in total. The first kappa shape index (κ1) is 12.8. The second kappa shape index (κ2) is 5.74. The van der Waals surface area contributed by atoms with Crippen molar-refractivity contribution in [1.29, 1.82) is 0 Å². The van der Waals surface area contributed by atoms with Gasteiger partial charge in [-0.3, -0.25) is 4.79 Å². The molecule has 15 heavy (non-hydrogen) atoms. The molecule has 88 valence electrons. The van der Waals surface area contributed by atoms with Gasteiger partial charge in [-0.15, -0.1) is 11.6 Å². The van der Waals surface area contributed by atoms with E-state index in [9.17, 15) is 4.79 Å². The zero-order chi connectivity index (χ0) is 11.3. The molecule has 0 atom stereocenters. The Bertz CT molecular complexity index is 212. The van der Waals surface area contributed by atoms with Crippen LogP contribution in [0.15, 0.2) is 0 Å². The largest absolute Gasteiger partial charge is 0.356 e. The highest BCUT2D eigenvalue weighted by Gasteiger charge is 2.45. The van der Waals surface area contributed by atoms with Gasteiger partial charge in [0.1, 0.15) is 0 Å². The van der Waals surface area contributed by atoms with E-state index in [0.717, 1.165) is 19.4 Å². The Morgan fingerprint density at radius 1 is 1.40 bits per heavy atom. The van der Waals surface area contributed by atoms with E-state index in [1.165, 1.54) is 12.8 Å². The van der Waals surface area contributed by atoms with Crippen LogP contribution in [-0.4, -0.2) is 18.3 Å². The van der Waals surface area contributed by atoms with Gasteiger partial charge < -0.3 is 5.32 Å². The standard InChI is InChI=1S/C12H22ClNO/c1-10(2)12(6-7-12)9-14-11(15)5-3-4-8-13/h10H,3-9H2,1-2H3,(H,14,15). The highest BCUT2D eigenvalue weighted by Crippen LogP contribution is 2.51. The van der Waals surface area contributed by atoms with Gasteiger partial charge in [-0.1, -0.05) is 13.8 Å². The van der Waals surface area contributed by atoms with Crippen molar-refractivity contribution in [2.75, 3.05) is 12.4 Å². The van der Waals surface area contributed by atoms with Gasteiger partial charge in [0.25, 0.3) is 0 Å². The minimum Gasteiger partial charge on any atom is -0.356 e. The Morgan fingerprint density at radius 3 is 2.53 bits per heavy atom. The molecule has 1 fully saturated rings. The molecule has 0 radical (unpaired) electrons. The lowest BCUT2D eigenvalue weighted by atomic mass is 9.92. The van der Waals surface area contributed by atoms with Crippen molar-refractivity contribution in [3.63, 3.8) is 0 Å². The number of hydrogen-bond acceptors (Lipinski definition) is 1. The number of hydrogen-bond donors (Lipinski definition) is 1. The van der Waals surface area contributed by atoms with E-state index in [2.05, 4.69) is 19.2 Å². The summed E-state index contributed by atoms with van der Waals surface area (Å²) in [5, 5.41) is 3.04. The topological polar surface area (TPSA) is 29.1 Å². The maximum atomic E-state index is 11.5. The highest BCUT2D eigenvalue weighted by atomic mass is 35.5. The lowest BCUT2D eigenvalue weighted by Gasteiger charge is -2.19. The number of carbonyl (C=O) groups is 1. The summed E-state index contributed by atoms with van der Waals surface area (Å²) < 4.78 is 0. The molecule has 0 aromatic rings. The number of unbranched alkanes of at least 4 members (excludes halogenated alkanes) is 1. The summed E-state index contributed by atoms with van der Waals surface area (Å²) in [5.74, 6) is 1.52. The lowest BCUT2D eigenvalue weighted by Crippen LogP contribution is -2.32. The predicted octanol–water partition coefficient (Wildman–Crippen LogP) is 2.95. The number of amides is 1. The fraction of sp³-hybridized carbons (Fsp3) is 0.917. The molecule has 1 amide bonds. The van der Waals surface area contributed by atoms with E-state index >= 15 is 0 Å². The second-order valence-corrected chi connectivity index (χ2v) is 5.32. The van der Waals surface area contributed by atoms with E-state index < -0.39 is 0 Å². The van der Waals surface area contributed by atoms with Crippen LogP contribution in [-0.2, 0) is 4.79 Å². The molecule has 0 saturated heterocycles. The van der Waals surface area contributed by atoms with Gasteiger partial charge in [0.2, 0.25) is 5.91 Å². The monoisotopic (exact) mass is 231 g/mol. The lowest BCUT2D eigenvalue weighted by molar-refractivity contribution is -0.121. The third-order valence-electron chi connectivity index (χ3n) is 3.54. The van der Waals surface area contributed by atoms with E-state index in [-0.39, 0.29) is 5.91 Å². The number of rotatable bonds is 7. The zero-order valence-corrected chi connectivity index (χ0v) is 10.6. The Hall–Kier alpha value is -0.240. The van der Waals surface area contributed by atoms with E-state index in [1.807, 2.05) is 0 Å². The quantitative estimate of drug-likeness (QED) is 0.530. The molecule has 1 aliphatic rings. The summed E-state index contributed by atoms with van der Waals surface area (Å²) in [6, 6.07) is 0. The van der Waals surface area contributed by atoms with Crippen molar-refractivity contribution < 1.29 is 4.79 Å². The maximum Gasteiger partial charge on any atom is 0.220 e. The molecular formula is C12H22ClNO. The first-order valence-electron chi connectivity index (χ1n) is 5.93. The molecule has 3 heteroatoms. The van der Waals surface area contributed by atoms with Crippen LogP contribution in [0.4, 0.5) is 0 Å². The van der Waals surface area contributed by atoms with E-state index in [4.69, 9.17) is 11.6 Å². The molecule has 0 bridgehead atoms. The van der Waals surface area contributed by atoms with Gasteiger partial charge in [-0.2, -0.15) is 0 Å². The minimum atomic E-state index is 0.187. The van der Waals surface area contributed by atoms with E-state index in [1.54, 1.807) is 0 Å². The normalized spacial score (nSPS) is 17.9. The summed E-state index contributed by atoms with van der Waals surface area (Å²) in [5.41, 5.74) is 0.419. The maximum absolute atomic E-state index is 11.5. The van der Waals surface area contributed by atoms with Crippen LogP contribution in [0.5, 0.6) is 0 Å². The van der Waals surface area contributed by atoms with Gasteiger partial charge in [0.15, 0.2) is 0 Å². The van der Waals surface area contributed by atoms with Crippen LogP contribution in [0.3, 0.4) is 0 Å². The number of carbonyl (C=O) groups excluding carboxylic acids is 1. The minimum absolute atomic E-state index is 0.187. The Balaban J connectivity index is 2.12. The molecule has 0 aliphatic heterocycles. The summed E-state index contributed by atoms with van der Waals surface area (Å²) in [6.07, 6.45) is 5.01. The molecule has 1 rings (SSSR count). The van der Waals surface area contributed by atoms with Crippen LogP contribution in [0, 0.1) is 11.3 Å². The molecule has 0 unspecified atom stereocenters. The number of halogens is 1. The fourth-order valence-electron chi connectivity index (χ4n) is 1.86. The number of alkyl halides is 1. The first-order valence-corrected chi connectivity index (χ1v) is 6.47. The van der Waals surface area contributed by atoms with Crippen LogP contribution < -0.4 is 5.32 Å². The second-order valence-electron chi connectivity index (χ2n) is 4.94. The first-order chi connectivity index (χ1) is 7.10. The Labute approximate surface area is 97.8 Å². The van der Waals surface area contributed by atoms with Crippen LogP contribution in [0.2, 0.25) is 0 Å². The van der Waals surface area contributed by atoms with Crippen molar-refractivity contribution in [1.82, 2.24) is 5.32 Å². The molecule has 0 aromatic heterocycles. The Kier molecular flexibility index (Phi) is 4.91. The van der Waals surface area contributed by atoms with Gasteiger partial charge in [-0.05, 0) is 37.0 Å². The Morgan fingerprint density at radius 2 is 2.07 bits per heavy atom. The van der Waals surface area contributed by atoms with Gasteiger partial charge in [-0.25, -0.2) is 0 Å². The van der Waals surface area contributed by atoms with Crippen LogP contribution >= 0.6 is 11.6 Å². The van der Waals surface area contributed by atoms with Crippen molar-refractivity contribution in [3.8, 4) is 0 Å².